The van der Waals surface area contributed by atoms with Crippen LogP contribution in [0, 0.1) is 13.8 Å². The highest BCUT2D eigenvalue weighted by molar-refractivity contribution is 6.39. The summed E-state index contributed by atoms with van der Waals surface area (Å²) in [5.74, 6) is 0. The van der Waals surface area contributed by atoms with Crippen molar-refractivity contribution in [1.29, 1.82) is 0 Å². The predicted octanol–water partition coefficient (Wildman–Crippen LogP) is 4.94. The summed E-state index contributed by atoms with van der Waals surface area (Å²) in [6, 6.07) is 9.54. The van der Waals surface area contributed by atoms with E-state index in [1.165, 1.54) is 11.1 Å². The fourth-order valence-corrected chi connectivity index (χ4v) is 2.29. The van der Waals surface area contributed by atoms with Gasteiger partial charge in [0.05, 0.1) is 21.4 Å². The van der Waals surface area contributed by atoms with Crippen molar-refractivity contribution in [3.8, 4) is 0 Å². The third-order valence-corrected chi connectivity index (χ3v) is 3.57. The van der Waals surface area contributed by atoms with Crippen LogP contribution in [0.3, 0.4) is 0 Å². The number of halogens is 2. The van der Waals surface area contributed by atoms with Gasteiger partial charge in [-0.2, -0.15) is 0 Å². The first-order chi connectivity index (χ1) is 8.99. The molecule has 19 heavy (non-hydrogen) atoms. The van der Waals surface area contributed by atoms with Crippen LogP contribution in [-0.2, 0) is 0 Å². The molecule has 98 valence electrons. The molecule has 0 saturated carbocycles. The van der Waals surface area contributed by atoms with Crippen LogP contribution < -0.4 is 5.73 Å². The molecule has 2 N–H and O–H groups in total. The van der Waals surface area contributed by atoms with Crippen LogP contribution in [0.25, 0.3) is 0 Å². The fourth-order valence-electron chi connectivity index (χ4n) is 1.82. The lowest BCUT2D eigenvalue weighted by atomic mass is 10.0. The Labute approximate surface area is 122 Å². The number of benzene rings is 2. The molecule has 0 spiro atoms. The SMILES string of the molecule is Cc1cccc(C)c1C=Nc1cc(Cl)c(N)c(Cl)c1. The maximum absolute atomic E-state index is 5.98. The number of rotatable bonds is 2. The fraction of sp³-hybridized carbons (Fsp3) is 0.133. The van der Waals surface area contributed by atoms with Crippen molar-refractivity contribution in [1.82, 2.24) is 0 Å². The second-order valence-corrected chi connectivity index (χ2v) is 5.20. The van der Waals surface area contributed by atoms with Crippen molar-refractivity contribution in [3.63, 3.8) is 0 Å². The lowest BCUT2D eigenvalue weighted by molar-refractivity contribution is 1.36. The highest BCUT2D eigenvalue weighted by atomic mass is 35.5. The normalized spacial score (nSPS) is 11.2. The average molecular weight is 293 g/mol. The maximum atomic E-state index is 5.98. The molecule has 0 aliphatic rings. The second-order valence-electron chi connectivity index (χ2n) is 4.39. The highest BCUT2D eigenvalue weighted by Crippen LogP contribution is 2.32. The summed E-state index contributed by atoms with van der Waals surface area (Å²) in [7, 11) is 0. The third-order valence-electron chi connectivity index (χ3n) is 2.95. The van der Waals surface area contributed by atoms with Crippen molar-refractivity contribution in [2.45, 2.75) is 13.8 Å². The van der Waals surface area contributed by atoms with Crippen LogP contribution in [0.2, 0.25) is 10.0 Å². The van der Waals surface area contributed by atoms with Gasteiger partial charge in [-0.3, -0.25) is 4.99 Å². The number of nitrogens with two attached hydrogens (primary N) is 1. The summed E-state index contributed by atoms with van der Waals surface area (Å²) < 4.78 is 0. The van der Waals surface area contributed by atoms with E-state index in [0.717, 1.165) is 5.56 Å². The summed E-state index contributed by atoms with van der Waals surface area (Å²) >= 11 is 12.0. The highest BCUT2D eigenvalue weighted by Gasteiger charge is 2.04. The van der Waals surface area contributed by atoms with Crippen LogP contribution in [0.15, 0.2) is 35.3 Å². The molecule has 0 saturated heterocycles. The first kappa shape index (κ1) is 13.9. The summed E-state index contributed by atoms with van der Waals surface area (Å²) in [6.45, 7) is 4.11. The van der Waals surface area contributed by atoms with Gasteiger partial charge in [-0.15, -0.1) is 0 Å². The standard InChI is InChI=1S/C15H14Cl2N2/c1-9-4-3-5-10(2)12(9)8-19-11-6-13(16)15(18)14(17)7-11/h3-8H,18H2,1-2H3. The molecule has 0 fully saturated rings. The molecule has 0 bridgehead atoms. The molecule has 0 radical (unpaired) electrons. The Morgan fingerprint density at radius 2 is 1.58 bits per heavy atom. The summed E-state index contributed by atoms with van der Waals surface area (Å²) in [6.07, 6.45) is 1.82. The molecular formula is C15H14Cl2N2. The molecule has 0 aliphatic carbocycles. The number of aliphatic imine (C=N–C) groups is 1. The lowest BCUT2D eigenvalue weighted by Gasteiger charge is -2.05. The summed E-state index contributed by atoms with van der Waals surface area (Å²) in [5, 5.41) is 0.835. The Kier molecular flexibility index (Phi) is 4.13. The van der Waals surface area contributed by atoms with Gasteiger partial charge in [-0.05, 0) is 42.7 Å². The number of hydrogen-bond donors (Lipinski definition) is 1. The van der Waals surface area contributed by atoms with Crippen LogP contribution in [0.4, 0.5) is 11.4 Å². The average Bonchev–Trinajstić information content (AvgIpc) is 2.35. The van der Waals surface area contributed by atoms with Gasteiger partial charge in [0.15, 0.2) is 0 Å². The molecule has 2 nitrogen and oxygen atoms in total. The first-order valence-electron chi connectivity index (χ1n) is 5.84. The number of aryl methyl sites for hydroxylation is 2. The van der Waals surface area contributed by atoms with E-state index in [1.54, 1.807) is 12.1 Å². The molecule has 0 aromatic heterocycles. The van der Waals surface area contributed by atoms with Gasteiger partial charge in [0, 0.05) is 6.21 Å². The zero-order valence-electron chi connectivity index (χ0n) is 10.7. The molecule has 4 heteroatoms. The summed E-state index contributed by atoms with van der Waals surface area (Å²) in [4.78, 5) is 4.41. The summed E-state index contributed by atoms with van der Waals surface area (Å²) in [5.41, 5.74) is 10.2. The van der Waals surface area contributed by atoms with Crippen LogP contribution in [0.1, 0.15) is 16.7 Å². The maximum Gasteiger partial charge on any atom is 0.0694 e. The van der Waals surface area contributed by atoms with E-state index in [4.69, 9.17) is 28.9 Å². The van der Waals surface area contributed by atoms with E-state index in [9.17, 15) is 0 Å². The van der Waals surface area contributed by atoms with Gasteiger partial charge in [0.25, 0.3) is 0 Å². The topological polar surface area (TPSA) is 38.4 Å². The smallest absolute Gasteiger partial charge is 0.0694 e. The lowest BCUT2D eigenvalue weighted by Crippen LogP contribution is -1.91. The van der Waals surface area contributed by atoms with E-state index < -0.39 is 0 Å². The van der Waals surface area contributed by atoms with Gasteiger partial charge in [-0.1, -0.05) is 41.4 Å². The predicted molar refractivity (Wildman–Crippen MR) is 84.0 cm³/mol. The molecule has 2 rings (SSSR count). The Morgan fingerprint density at radius 3 is 2.11 bits per heavy atom. The van der Waals surface area contributed by atoms with E-state index >= 15 is 0 Å². The molecule has 2 aromatic rings. The van der Waals surface area contributed by atoms with Crippen molar-refractivity contribution in [2.24, 2.45) is 4.99 Å². The molecule has 0 heterocycles. The minimum Gasteiger partial charge on any atom is -0.396 e. The zero-order chi connectivity index (χ0) is 14.0. The number of nitrogen functional groups attached to an aromatic ring is 1. The Bertz CT molecular complexity index is 605. The Hall–Kier alpha value is -1.51. The van der Waals surface area contributed by atoms with Gasteiger partial charge in [0.2, 0.25) is 0 Å². The first-order valence-corrected chi connectivity index (χ1v) is 6.59. The van der Waals surface area contributed by atoms with Crippen molar-refractivity contribution in [2.75, 3.05) is 5.73 Å². The van der Waals surface area contributed by atoms with Gasteiger partial charge in [-0.25, -0.2) is 0 Å². The minimum absolute atomic E-state index is 0.384. The Morgan fingerprint density at radius 1 is 1.05 bits per heavy atom. The monoisotopic (exact) mass is 292 g/mol. The third kappa shape index (κ3) is 3.09. The quantitative estimate of drug-likeness (QED) is 0.618. The molecule has 0 aliphatic heterocycles. The van der Waals surface area contributed by atoms with Gasteiger partial charge >= 0.3 is 0 Å². The molecule has 0 unspecified atom stereocenters. The number of nitrogens with zero attached hydrogens (tertiary/aromatic N) is 1. The largest absolute Gasteiger partial charge is 0.396 e. The van der Waals surface area contributed by atoms with Crippen LogP contribution >= 0.6 is 23.2 Å². The molecule has 2 aromatic carbocycles. The van der Waals surface area contributed by atoms with Crippen molar-refractivity contribution in [3.05, 3.63) is 57.1 Å². The minimum atomic E-state index is 0.384. The van der Waals surface area contributed by atoms with E-state index in [2.05, 4.69) is 31.0 Å². The molecular weight excluding hydrogens is 279 g/mol. The van der Waals surface area contributed by atoms with E-state index in [1.807, 2.05) is 12.3 Å². The number of hydrogen-bond acceptors (Lipinski definition) is 2. The van der Waals surface area contributed by atoms with Crippen molar-refractivity contribution >= 4 is 40.8 Å². The van der Waals surface area contributed by atoms with E-state index in [0.29, 0.717) is 21.4 Å². The van der Waals surface area contributed by atoms with E-state index in [-0.39, 0.29) is 0 Å². The van der Waals surface area contributed by atoms with Gasteiger partial charge < -0.3 is 5.73 Å². The Balaban J connectivity index is 2.38. The van der Waals surface area contributed by atoms with Gasteiger partial charge in [0.1, 0.15) is 0 Å². The molecule has 0 atom stereocenters. The zero-order valence-corrected chi connectivity index (χ0v) is 12.3. The second kappa shape index (κ2) is 5.64. The van der Waals surface area contributed by atoms with Crippen LogP contribution in [-0.4, -0.2) is 6.21 Å². The van der Waals surface area contributed by atoms with Crippen LogP contribution in [0.5, 0.6) is 0 Å². The van der Waals surface area contributed by atoms with Crippen molar-refractivity contribution < 1.29 is 0 Å². The molecule has 0 amide bonds. The number of anilines is 1.